The van der Waals surface area contributed by atoms with Crippen molar-refractivity contribution < 1.29 is 38.3 Å². The molecule has 0 spiro atoms. The monoisotopic (exact) mass is 384 g/mol. The molecule has 2 N–H and O–H groups in total. The van der Waals surface area contributed by atoms with Gasteiger partial charge in [0, 0.05) is 15.5 Å². The Labute approximate surface area is 144 Å². The summed E-state index contributed by atoms with van der Waals surface area (Å²) >= 11 is 1.58. The van der Waals surface area contributed by atoms with Gasteiger partial charge in [0.05, 0.1) is 4.70 Å². The minimum absolute atomic E-state index is 0.215. The summed E-state index contributed by atoms with van der Waals surface area (Å²) in [5.74, 6) is 0.905. The first-order valence-electron chi connectivity index (χ1n) is 6.67. The summed E-state index contributed by atoms with van der Waals surface area (Å²) in [4.78, 5) is 28.3. The minimum Gasteiger partial charge on any atom is -0.426 e. The number of aryl methyl sites for hydroxylation is 1. The molecule has 0 unspecified atom stereocenters. The molecule has 0 bridgehead atoms. The number of aromatic nitrogens is 2. The first-order chi connectivity index (χ1) is 11.6. The maximum atomic E-state index is 12.1. The Morgan fingerprint density at radius 2 is 1.80 bits per heavy atom. The van der Waals surface area contributed by atoms with Gasteiger partial charge in [0.15, 0.2) is 5.56 Å². The van der Waals surface area contributed by atoms with Crippen molar-refractivity contribution in [3.8, 4) is 11.5 Å². The predicted molar refractivity (Wildman–Crippen MR) is 76.4 cm³/mol. The van der Waals surface area contributed by atoms with E-state index in [-0.39, 0.29) is 5.89 Å². The van der Waals surface area contributed by atoms with Gasteiger partial charge in [-0.15, -0.1) is 21.6 Å². The van der Waals surface area contributed by atoms with Crippen LogP contribution in [0.2, 0.25) is 0 Å². The molecular formula is C14H9ClN2O7S. The van der Waals surface area contributed by atoms with E-state index < -0.39 is 21.5 Å². The number of rotatable bonds is 0. The van der Waals surface area contributed by atoms with Gasteiger partial charge in [-0.3, -0.25) is 0 Å². The lowest BCUT2D eigenvalue weighted by molar-refractivity contribution is -2.00. The third kappa shape index (κ3) is 3.54. The number of fused-ring (bicyclic) bond motifs is 5. The lowest BCUT2D eigenvalue weighted by atomic mass is 10.1. The van der Waals surface area contributed by atoms with Crippen molar-refractivity contribution in [3.05, 3.63) is 50.9 Å². The molecule has 0 radical (unpaired) electrons. The molecule has 0 aliphatic carbocycles. The quantitative estimate of drug-likeness (QED) is 0.340. The Morgan fingerprint density at radius 3 is 2.48 bits per heavy atom. The van der Waals surface area contributed by atoms with Crippen LogP contribution in [0.3, 0.4) is 0 Å². The van der Waals surface area contributed by atoms with E-state index in [0.29, 0.717) is 11.3 Å². The fourth-order valence-corrected chi connectivity index (χ4v) is 3.66. The Hall–Kier alpha value is -2.34. The molecule has 130 valence electrons. The van der Waals surface area contributed by atoms with Crippen LogP contribution < -0.4 is 34.9 Å². The van der Waals surface area contributed by atoms with Gasteiger partial charge in [0.25, 0.3) is 0 Å². The van der Waals surface area contributed by atoms with E-state index in [1.807, 2.05) is 31.2 Å². The second-order valence-corrected chi connectivity index (χ2v) is 6.76. The number of nitrogens with one attached hydrogen (secondary N) is 2. The van der Waals surface area contributed by atoms with E-state index in [2.05, 4.69) is 9.97 Å². The van der Waals surface area contributed by atoms with Crippen LogP contribution in [-0.2, 0) is 0 Å². The molecule has 1 aromatic carbocycles. The Bertz CT molecular complexity index is 1150. The number of halogens is 1. The van der Waals surface area contributed by atoms with Crippen LogP contribution in [0.5, 0.6) is 0 Å². The van der Waals surface area contributed by atoms with Crippen LogP contribution in [0.15, 0.2) is 38.3 Å². The predicted octanol–water partition coefficient (Wildman–Crippen LogP) is -2.83. The zero-order valence-corrected chi connectivity index (χ0v) is 14.0. The van der Waals surface area contributed by atoms with Crippen molar-refractivity contribution in [3.63, 3.8) is 0 Å². The number of aromatic amines is 2. The average molecular weight is 385 g/mol. The van der Waals surface area contributed by atoms with Crippen molar-refractivity contribution in [2.75, 3.05) is 0 Å². The van der Waals surface area contributed by atoms with Crippen molar-refractivity contribution >= 4 is 31.5 Å². The summed E-state index contributed by atoms with van der Waals surface area (Å²) in [7, 11) is -4.94. The highest BCUT2D eigenvalue weighted by atomic mass is 35.7. The standard InChI is InChI=1S/C14H8N2O3S.ClHO4/c1-6-11-9(7-4-2-3-5-8(7)20-11)10-12(17)15-14(18)16-13(10)19-6;2-1(3,4)5/h2-5H,1H3,(H,15,17,18);(H,2,3,4,5). The summed E-state index contributed by atoms with van der Waals surface area (Å²) in [5.41, 5.74) is -0.603. The zero-order valence-electron chi connectivity index (χ0n) is 12.5. The molecule has 1 aromatic heterocycles. The summed E-state index contributed by atoms with van der Waals surface area (Å²) in [5, 5.41) is 1.83. The molecule has 0 saturated heterocycles. The van der Waals surface area contributed by atoms with Gasteiger partial charge < -0.3 is 4.42 Å². The van der Waals surface area contributed by atoms with Gasteiger partial charge in [-0.05, 0) is 13.0 Å². The normalized spacial score (nSPS) is 11.7. The van der Waals surface area contributed by atoms with Crippen LogP contribution >= 0.6 is 11.3 Å². The molecule has 2 aromatic rings. The smallest absolute Gasteiger partial charge is 0.426 e. The summed E-state index contributed by atoms with van der Waals surface area (Å²) in [6.45, 7) is 1.83. The van der Waals surface area contributed by atoms with Crippen LogP contribution in [0.1, 0.15) is 5.76 Å². The summed E-state index contributed by atoms with van der Waals surface area (Å²) in [6.07, 6.45) is 0. The van der Waals surface area contributed by atoms with Crippen LogP contribution in [0.4, 0.5) is 0 Å². The molecule has 11 heteroatoms. The van der Waals surface area contributed by atoms with E-state index >= 15 is 0 Å². The van der Waals surface area contributed by atoms with Crippen LogP contribution in [0.25, 0.3) is 31.6 Å². The van der Waals surface area contributed by atoms with Crippen molar-refractivity contribution in [2.24, 2.45) is 0 Å². The number of hydrogen-bond acceptors (Lipinski definition) is 8. The Balaban J connectivity index is 0.000000324. The molecule has 0 fully saturated rings. The molecule has 0 amide bonds. The topological polar surface area (TPSA) is 169 Å². The van der Waals surface area contributed by atoms with Gasteiger partial charge in [0.2, 0.25) is 0 Å². The van der Waals surface area contributed by atoms with Crippen molar-refractivity contribution in [1.29, 1.82) is 0 Å². The van der Waals surface area contributed by atoms with Gasteiger partial charge in [-0.2, -0.15) is 14.8 Å². The van der Waals surface area contributed by atoms with Crippen molar-refractivity contribution in [1.82, 2.24) is 4.98 Å². The molecule has 2 aliphatic rings. The largest absolute Gasteiger partial charge is 0.499 e. The zero-order chi connectivity index (χ0) is 18.4. The van der Waals surface area contributed by atoms with Gasteiger partial charge in [0.1, 0.15) is 5.76 Å². The van der Waals surface area contributed by atoms with E-state index in [9.17, 15) is 9.59 Å². The highest BCUT2D eigenvalue weighted by molar-refractivity contribution is 7.26. The first kappa shape index (κ1) is 17.5. The molecule has 3 heterocycles. The van der Waals surface area contributed by atoms with Gasteiger partial charge in [-0.1, -0.05) is 18.2 Å². The SMILES string of the molecule is Cc1oc2[nH+]c(=O)[nH]c(=O)c-2c2c1sc1ccccc12.[O-][Cl+3]([O-])([O-])[O-]. The van der Waals surface area contributed by atoms with E-state index in [1.54, 1.807) is 11.3 Å². The third-order valence-corrected chi connectivity index (χ3v) is 4.60. The van der Waals surface area contributed by atoms with Crippen molar-refractivity contribution in [2.45, 2.75) is 6.92 Å². The number of hydrogen-bond donors (Lipinski definition) is 1. The maximum absolute atomic E-state index is 12.1. The average Bonchev–Trinajstić information content (AvgIpc) is 2.85. The molecule has 4 rings (SSSR count). The second kappa shape index (κ2) is 6.19. The Kier molecular flexibility index (Phi) is 4.33. The molecule has 0 atom stereocenters. The molecule has 0 saturated carbocycles. The van der Waals surface area contributed by atoms with E-state index in [0.717, 1.165) is 20.2 Å². The maximum Gasteiger partial charge on any atom is 0.499 e. The van der Waals surface area contributed by atoms with Gasteiger partial charge in [-0.25, -0.2) is 23.4 Å². The van der Waals surface area contributed by atoms with Gasteiger partial charge >= 0.3 is 17.1 Å². The molecule has 25 heavy (non-hydrogen) atoms. The molecule has 9 nitrogen and oxygen atoms in total. The van der Waals surface area contributed by atoms with E-state index in [1.165, 1.54) is 0 Å². The number of thiophene rings is 1. The fourth-order valence-electron chi connectivity index (χ4n) is 2.51. The van der Waals surface area contributed by atoms with Crippen LogP contribution in [0, 0.1) is 17.2 Å². The summed E-state index contributed by atoms with van der Waals surface area (Å²) in [6, 6.07) is 7.86. The summed E-state index contributed by atoms with van der Waals surface area (Å²) < 4.78 is 41.6. The second-order valence-electron chi connectivity index (χ2n) is 4.95. The lowest BCUT2D eigenvalue weighted by Crippen LogP contribution is -2.68. The Morgan fingerprint density at radius 1 is 1.16 bits per heavy atom. The van der Waals surface area contributed by atoms with Crippen LogP contribution in [-0.4, -0.2) is 4.98 Å². The number of benzene rings is 1. The lowest BCUT2D eigenvalue weighted by Gasteiger charge is -2.17. The third-order valence-electron chi connectivity index (χ3n) is 3.33. The minimum atomic E-state index is -4.94. The molecule has 2 aliphatic heterocycles. The van der Waals surface area contributed by atoms with E-state index in [4.69, 9.17) is 23.1 Å². The molecular weight excluding hydrogens is 376 g/mol. The highest BCUT2D eigenvalue weighted by Crippen LogP contribution is 2.40. The highest BCUT2D eigenvalue weighted by Gasteiger charge is 2.25. The first-order valence-corrected chi connectivity index (χ1v) is 8.72. The fraction of sp³-hybridized carbons (Fsp3) is 0.0714. The number of H-pyrrole nitrogens is 2.